The second-order valence-corrected chi connectivity index (χ2v) is 4.39. The van der Waals surface area contributed by atoms with Gasteiger partial charge in [-0.2, -0.15) is 5.10 Å². The van der Waals surface area contributed by atoms with Gasteiger partial charge in [0.2, 0.25) is 0 Å². The zero-order valence-corrected chi connectivity index (χ0v) is 10.7. The van der Waals surface area contributed by atoms with Crippen molar-refractivity contribution in [3.63, 3.8) is 0 Å². The van der Waals surface area contributed by atoms with Gasteiger partial charge in [0.25, 0.3) is 5.56 Å². The molecule has 5 nitrogen and oxygen atoms in total. The van der Waals surface area contributed by atoms with Crippen molar-refractivity contribution in [1.29, 1.82) is 0 Å². The van der Waals surface area contributed by atoms with Crippen molar-refractivity contribution < 1.29 is 4.39 Å². The number of rotatable bonds is 4. The molecule has 102 valence electrons. The molecular weight excluding hydrogens is 259 g/mol. The van der Waals surface area contributed by atoms with Gasteiger partial charge in [-0.05, 0) is 30.3 Å². The molecule has 0 aliphatic carbocycles. The van der Waals surface area contributed by atoms with Crippen LogP contribution in [0, 0.1) is 5.82 Å². The highest BCUT2D eigenvalue weighted by Crippen LogP contribution is 2.07. The second kappa shape index (κ2) is 5.16. The van der Waals surface area contributed by atoms with Gasteiger partial charge in [0.1, 0.15) is 11.3 Å². The lowest BCUT2D eigenvalue weighted by Crippen LogP contribution is -2.24. The summed E-state index contributed by atoms with van der Waals surface area (Å²) in [6.07, 6.45) is 5.04. The monoisotopic (exact) mass is 272 g/mol. The number of nitrogens with one attached hydrogen (secondary N) is 1. The van der Waals surface area contributed by atoms with Gasteiger partial charge in [-0.3, -0.25) is 4.79 Å². The van der Waals surface area contributed by atoms with E-state index in [0.717, 1.165) is 5.69 Å². The van der Waals surface area contributed by atoms with Crippen LogP contribution in [-0.2, 0) is 6.54 Å². The van der Waals surface area contributed by atoms with E-state index in [0.29, 0.717) is 18.6 Å². The van der Waals surface area contributed by atoms with Crippen LogP contribution in [0.1, 0.15) is 0 Å². The molecule has 6 heteroatoms. The first kappa shape index (κ1) is 12.4. The smallest absolute Gasteiger partial charge is 0.276 e. The minimum absolute atomic E-state index is 0.0779. The van der Waals surface area contributed by atoms with Crippen molar-refractivity contribution in [2.45, 2.75) is 6.54 Å². The molecule has 3 aromatic rings. The third-order valence-corrected chi connectivity index (χ3v) is 3.06. The summed E-state index contributed by atoms with van der Waals surface area (Å²) in [6, 6.07) is 7.81. The van der Waals surface area contributed by atoms with Gasteiger partial charge < -0.3 is 9.88 Å². The van der Waals surface area contributed by atoms with Gasteiger partial charge in [-0.1, -0.05) is 0 Å². The quantitative estimate of drug-likeness (QED) is 0.787. The van der Waals surface area contributed by atoms with Crippen LogP contribution in [0.3, 0.4) is 0 Å². The fourth-order valence-electron chi connectivity index (χ4n) is 2.03. The average molecular weight is 272 g/mol. The summed E-state index contributed by atoms with van der Waals surface area (Å²) < 4.78 is 15.9. The number of aromatic nitrogens is 3. The maximum absolute atomic E-state index is 12.8. The van der Waals surface area contributed by atoms with Crippen LogP contribution in [0.5, 0.6) is 0 Å². The Bertz CT molecular complexity index is 776. The summed E-state index contributed by atoms with van der Waals surface area (Å²) >= 11 is 0. The van der Waals surface area contributed by atoms with E-state index in [1.165, 1.54) is 12.1 Å². The molecule has 1 aromatic carbocycles. The maximum Gasteiger partial charge on any atom is 0.276 e. The van der Waals surface area contributed by atoms with Crippen LogP contribution in [0.4, 0.5) is 10.1 Å². The number of hydrogen-bond acceptors (Lipinski definition) is 3. The lowest BCUT2D eigenvalue weighted by atomic mass is 10.3. The molecule has 2 aromatic heterocycles. The minimum atomic E-state index is -0.266. The fraction of sp³-hybridized carbons (Fsp3) is 0.143. The second-order valence-electron chi connectivity index (χ2n) is 4.39. The van der Waals surface area contributed by atoms with Crippen LogP contribution < -0.4 is 10.9 Å². The van der Waals surface area contributed by atoms with E-state index in [2.05, 4.69) is 10.4 Å². The Kier molecular flexibility index (Phi) is 3.20. The first-order valence-electron chi connectivity index (χ1n) is 6.26. The summed E-state index contributed by atoms with van der Waals surface area (Å²) in [5.41, 5.74) is 1.30. The molecule has 0 fully saturated rings. The van der Waals surface area contributed by atoms with Gasteiger partial charge >= 0.3 is 0 Å². The van der Waals surface area contributed by atoms with Crippen molar-refractivity contribution in [1.82, 2.24) is 14.2 Å². The Labute approximate surface area is 114 Å². The summed E-state index contributed by atoms with van der Waals surface area (Å²) in [7, 11) is 0. The molecule has 20 heavy (non-hydrogen) atoms. The van der Waals surface area contributed by atoms with Crippen molar-refractivity contribution >= 4 is 11.2 Å². The molecule has 0 atom stereocenters. The standard InChI is InChI=1S/C14H13FN4O/c15-11-1-3-12(4-2-11)16-7-8-18-9-10-19-13(14(18)20)5-6-17-19/h1-6,9-10,16H,7-8H2. The molecule has 0 spiro atoms. The number of hydrogen-bond donors (Lipinski definition) is 1. The molecule has 0 radical (unpaired) electrons. The van der Waals surface area contributed by atoms with E-state index in [4.69, 9.17) is 0 Å². The zero-order valence-electron chi connectivity index (χ0n) is 10.7. The zero-order chi connectivity index (χ0) is 13.9. The average Bonchev–Trinajstić information content (AvgIpc) is 2.93. The summed E-state index contributed by atoms with van der Waals surface area (Å²) in [5, 5.41) is 7.15. The van der Waals surface area contributed by atoms with E-state index in [1.54, 1.807) is 45.9 Å². The fourth-order valence-corrected chi connectivity index (χ4v) is 2.03. The van der Waals surface area contributed by atoms with Crippen LogP contribution >= 0.6 is 0 Å². The van der Waals surface area contributed by atoms with Crippen molar-refractivity contribution in [3.8, 4) is 0 Å². The first-order chi connectivity index (χ1) is 9.74. The van der Waals surface area contributed by atoms with Crippen molar-refractivity contribution in [3.05, 3.63) is 65.1 Å². The van der Waals surface area contributed by atoms with Gasteiger partial charge in [0.05, 0.1) is 6.20 Å². The predicted molar refractivity (Wildman–Crippen MR) is 74.3 cm³/mol. The first-order valence-corrected chi connectivity index (χ1v) is 6.26. The van der Waals surface area contributed by atoms with E-state index >= 15 is 0 Å². The normalized spacial score (nSPS) is 10.8. The molecule has 0 saturated heterocycles. The largest absolute Gasteiger partial charge is 0.383 e. The molecule has 0 aliphatic rings. The molecule has 2 heterocycles. The minimum Gasteiger partial charge on any atom is -0.383 e. The molecule has 1 N–H and O–H groups in total. The van der Waals surface area contributed by atoms with Gasteiger partial charge in [-0.25, -0.2) is 8.91 Å². The topological polar surface area (TPSA) is 51.3 Å². The Morgan fingerprint density at radius 1 is 1.15 bits per heavy atom. The Hall–Kier alpha value is -2.63. The third-order valence-electron chi connectivity index (χ3n) is 3.06. The van der Waals surface area contributed by atoms with E-state index < -0.39 is 0 Å². The van der Waals surface area contributed by atoms with Gasteiger partial charge in [0.15, 0.2) is 0 Å². The Balaban J connectivity index is 1.69. The molecule has 0 aliphatic heterocycles. The van der Waals surface area contributed by atoms with Crippen LogP contribution in [0.2, 0.25) is 0 Å². The van der Waals surface area contributed by atoms with Crippen LogP contribution in [-0.4, -0.2) is 20.7 Å². The number of benzene rings is 1. The maximum atomic E-state index is 12.8. The number of nitrogens with zero attached hydrogens (tertiary/aromatic N) is 3. The lowest BCUT2D eigenvalue weighted by molar-refractivity contribution is 0.628. The van der Waals surface area contributed by atoms with Crippen LogP contribution in [0.15, 0.2) is 53.7 Å². The van der Waals surface area contributed by atoms with Crippen LogP contribution in [0.25, 0.3) is 5.52 Å². The third kappa shape index (κ3) is 2.40. The predicted octanol–water partition coefficient (Wildman–Crippen LogP) is 1.75. The molecule has 0 unspecified atom stereocenters. The highest BCUT2D eigenvalue weighted by molar-refractivity contribution is 5.43. The number of anilines is 1. The number of halogens is 1. The summed E-state index contributed by atoms with van der Waals surface area (Å²) in [6.45, 7) is 1.10. The van der Waals surface area contributed by atoms with Crippen molar-refractivity contribution in [2.24, 2.45) is 0 Å². The molecule has 3 rings (SSSR count). The van der Waals surface area contributed by atoms with E-state index in [1.807, 2.05) is 0 Å². The summed E-state index contributed by atoms with van der Waals surface area (Å²) in [4.78, 5) is 12.1. The Morgan fingerprint density at radius 2 is 1.95 bits per heavy atom. The number of fused-ring (bicyclic) bond motifs is 1. The van der Waals surface area contributed by atoms with E-state index in [-0.39, 0.29) is 11.4 Å². The van der Waals surface area contributed by atoms with Gasteiger partial charge in [0, 0.05) is 31.2 Å². The molecule has 0 amide bonds. The molecule has 0 bridgehead atoms. The molecule has 0 saturated carbocycles. The van der Waals surface area contributed by atoms with E-state index in [9.17, 15) is 9.18 Å². The Morgan fingerprint density at radius 3 is 2.75 bits per heavy atom. The highest BCUT2D eigenvalue weighted by atomic mass is 19.1. The molecular formula is C14H13FN4O. The SMILES string of the molecule is O=c1c2ccnn2ccn1CCNc1ccc(F)cc1. The summed E-state index contributed by atoms with van der Waals surface area (Å²) in [5.74, 6) is -0.266. The lowest BCUT2D eigenvalue weighted by Gasteiger charge is -2.08. The van der Waals surface area contributed by atoms with Gasteiger partial charge in [-0.15, -0.1) is 0 Å². The van der Waals surface area contributed by atoms with Crippen molar-refractivity contribution in [2.75, 3.05) is 11.9 Å². The highest BCUT2D eigenvalue weighted by Gasteiger charge is 2.02.